The standard InChI is InChI=1S/C23H20ClNO4/c1-16-6-8-17(9-7-16)23(28)21-5-3-13-25(21)12-2-4-18-14-19(10-11-20(18)24)29-15-22(26)27/h2-11,13-14H,12,15H2,1H3,(H,26,27)/b4-2+. The summed E-state index contributed by atoms with van der Waals surface area (Å²) in [4.78, 5) is 23.4. The van der Waals surface area contributed by atoms with Crippen molar-refractivity contribution in [2.24, 2.45) is 0 Å². The molecule has 0 radical (unpaired) electrons. The van der Waals surface area contributed by atoms with E-state index in [-0.39, 0.29) is 5.78 Å². The molecule has 0 bridgehead atoms. The zero-order chi connectivity index (χ0) is 20.8. The molecule has 5 nitrogen and oxygen atoms in total. The summed E-state index contributed by atoms with van der Waals surface area (Å²) >= 11 is 6.21. The maximum absolute atomic E-state index is 12.8. The molecule has 0 saturated heterocycles. The highest BCUT2D eigenvalue weighted by Gasteiger charge is 2.12. The Morgan fingerprint density at radius 3 is 2.62 bits per heavy atom. The van der Waals surface area contributed by atoms with Gasteiger partial charge < -0.3 is 14.4 Å². The molecular weight excluding hydrogens is 390 g/mol. The number of carboxylic acid groups (broad SMARTS) is 1. The van der Waals surface area contributed by atoms with Crippen LogP contribution >= 0.6 is 11.6 Å². The number of halogens is 1. The summed E-state index contributed by atoms with van der Waals surface area (Å²) in [6, 6.07) is 16.1. The fourth-order valence-corrected chi connectivity index (χ4v) is 2.99. The third-order valence-corrected chi connectivity index (χ3v) is 4.65. The van der Waals surface area contributed by atoms with Crippen LogP contribution in [0.1, 0.15) is 27.2 Å². The number of ether oxygens (including phenoxy) is 1. The number of rotatable bonds is 8. The van der Waals surface area contributed by atoms with Crippen LogP contribution in [0, 0.1) is 6.92 Å². The Bertz CT molecular complexity index is 1050. The van der Waals surface area contributed by atoms with E-state index in [1.54, 1.807) is 24.3 Å². The summed E-state index contributed by atoms with van der Waals surface area (Å²) in [6.45, 7) is 2.05. The van der Waals surface area contributed by atoms with Crippen molar-refractivity contribution in [3.63, 3.8) is 0 Å². The summed E-state index contributed by atoms with van der Waals surface area (Å²) in [5.74, 6) is -0.659. The van der Waals surface area contributed by atoms with E-state index in [4.69, 9.17) is 21.4 Å². The van der Waals surface area contributed by atoms with E-state index < -0.39 is 12.6 Å². The predicted molar refractivity (Wildman–Crippen MR) is 113 cm³/mol. The number of allylic oxidation sites excluding steroid dienone is 1. The lowest BCUT2D eigenvalue weighted by Crippen LogP contribution is -2.09. The van der Waals surface area contributed by atoms with Gasteiger partial charge in [0, 0.05) is 23.3 Å². The summed E-state index contributed by atoms with van der Waals surface area (Å²) in [6.07, 6.45) is 5.55. The van der Waals surface area contributed by atoms with Gasteiger partial charge in [-0.25, -0.2) is 4.79 Å². The Morgan fingerprint density at radius 2 is 1.90 bits per heavy atom. The normalized spacial score (nSPS) is 11.0. The molecule has 6 heteroatoms. The Labute approximate surface area is 173 Å². The summed E-state index contributed by atoms with van der Waals surface area (Å²) in [5, 5.41) is 9.24. The van der Waals surface area contributed by atoms with Crippen molar-refractivity contribution in [2.45, 2.75) is 13.5 Å². The molecule has 3 rings (SSSR count). The molecule has 1 heterocycles. The van der Waals surface area contributed by atoms with Gasteiger partial charge in [-0.15, -0.1) is 0 Å². The zero-order valence-electron chi connectivity index (χ0n) is 15.8. The number of benzene rings is 2. The van der Waals surface area contributed by atoms with Gasteiger partial charge in [-0.3, -0.25) is 4.79 Å². The average molecular weight is 410 g/mol. The number of hydrogen-bond acceptors (Lipinski definition) is 3. The van der Waals surface area contributed by atoms with Crippen molar-refractivity contribution in [3.05, 3.63) is 94.3 Å². The lowest BCUT2D eigenvalue weighted by atomic mass is 10.1. The topological polar surface area (TPSA) is 68.5 Å². The Hall–Kier alpha value is -3.31. The second-order valence-corrected chi connectivity index (χ2v) is 6.92. The van der Waals surface area contributed by atoms with Crippen molar-refractivity contribution in [3.8, 4) is 5.75 Å². The number of aryl methyl sites for hydroxylation is 1. The number of nitrogens with zero attached hydrogens (tertiary/aromatic N) is 1. The van der Waals surface area contributed by atoms with Gasteiger partial charge >= 0.3 is 5.97 Å². The van der Waals surface area contributed by atoms with Crippen LogP contribution in [0.25, 0.3) is 6.08 Å². The Morgan fingerprint density at radius 1 is 1.14 bits per heavy atom. The number of carbonyl (C=O) groups is 2. The van der Waals surface area contributed by atoms with Crippen molar-refractivity contribution < 1.29 is 19.4 Å². The van der Waals surface area contributed by atoms with Gasteiger partial charge in [-0.1, -0.05) is 53.6 Å². The molecule has 0 amide bonds. The molecule has 1 aromatic heterocycles. The molecule has 0 saturated carbocycles. The smallest absolute Gasteiger partial charge is 0.341 e. The molecule has 0 aliphatic heterocycles. The molecular formula is C23H20ClNO4. The van der Waals surface area contributed by atoms with Crippen LogP contribution in [0.4, 0.5) is 0 Å². The molecule has 0 aliphatic rings. The third-order valence-electron chi connectivity index (χ3n) is 4.31. The minimum absolute atomic E-state index is 0.0366. The highest BCUT2D eigenvalue weighted by atomic mass is 35.5. The molecule has 0 unspecified atom stereocenters. The number of aromatic nitrogens is 1. The van der Waals surface area contributed by atoms with Gasteiger partial charge in [0.1, 0.15) is 5.75 Å². The van der Waals surface area contributed by atoms with Crippen LogP contribution in [-0.2, 0) is 11.3 Å². The van der Waals surface area contributed by atoms with Gasteiger partial charge in [0.05, 0.1) is 5.69 Å². The number of hydrogen-bond donors (Lipinski definition) is 1. The second-order valence-electron chi connectivity index (χ2n) is 6.51. The van der Waals surface area contributed by atoms with E-state index in [0.717, 1.165) is 5.56 Å². The molecule has 3 aromatic rings. The monoisotopic (exact) mass is 409 g/mol. The predicted octanol–water partition coefficient (Wildman–Crippen LogP) is 4.86. The van der Waals surface area contributed by atoms with Gasteiger partial charge in [-0.05, 0) is 42.8 Å². The minimum Gasteiger partial charge on any atom is -0.482 e. The first-order valence-corrected chi connectivity index (χ1v) is 9.39. The lowest BCUT2D eigenvalue weighted by Gasteiger charge is -2.07. The first-order valence-electron chi connectivity index (χ1n) is 9.01. The van der Waals surface area contributed by atoms with E-state index >= 15 is 0 Å². The number of carboxylic acids is 1. The van der Waals surface area contributed by atoms with E-state index in [1.165, 1.54) is 0 Å². The summed E-state index contributed by atoms with van der Waals surface area (Å²) in [7, 11) is 0. The number of ketones is 1. The van der Waals surface area contributed by atoms with Crippen LogP contribution in [-0.4, -0.2) is 28.0 Å². The van der Waals surface area contributed by atoms with Crippen LogP contribution < -0.4 is 4.74 Å². The maximum atomic E-state index is 12.8. The molecule has 0 fully saturated rings. The van der Waals surface area contributed by atoms with Gasteiger partial charge in [-0.2, -0.15) is 0 Å². The van der Waals surface area contributed by atoms with Gasteiger partial charge in [0.15, 0.2) is 6.61 Å². The quantitative estimate of drug-likeness (QED) is 0.539. The Balaban J connectivity index is 1.72. The molecule has 0 aliphatic carbocycles. The summed E-state index contributed by atoms with van der Waals surface area (Å²) in [5.41, 5.74) is 3.05. The van der Waals surface area contributed by atoms with Crippen molar-refractivity contribution in [2.75, 3.05) is 6.61 Å². The highest BCUT2D eigenvalue weighted by Crippen LogP contribution is 2.23. The fourth-order valence-electron chi connectivity index (χ4n) is 2.81. The third kappa shape index (κ3) is 5.36. The van der Waals surface area contributed by atoms with Gasteiger partial charge in [0.25, 0.3) is 0 Å². The van der Waals surface area contributed by atoms with E-state index in [2.05, 4.69) is 0 Å². The Kier molecular flexibility index (Phi) is 6.52. The molecule has 0 spiro atoms. The van der Waals surface area contributed by atoms with Crippen molar-refractivity contribution >= 4 is 29.4 Å². The maximum Gasteiger partial charge on any atom is 0.341 e. The zero-order valence-corrected chi connectivity index (χ0v) is 16.6. The average Bonchev–Trinajstić information content (AvgIpc) is 3.17. The summed E-state index contributed by atoms with van der Waals surface area (Å²) < 4.78 is 7.04. The van der Waals surface area contributed by atoms with E-state index in [0.29, 0.717) is 34.1 Å². The highest BCUT2D eigenvalue weighted by molar-refractivity contribution is 6.32. The van der Waals surface area contributed by atoms with Crippen molar-refractivity contribution in [1.29, 1.82) is 0 Å². The van der Waals surface area contributed by atoms with Gasteiger partial charge in [0.2, 0.25) is 5.78 Å². The SMILES string of the molecule is Cc1ccc(C(=O)c2cccn2C/C=C/c2cc(OCC(=O)O)ccc2Cl)cc1. The molecule has 29 heavy (non-hydrogen) atoms. The van der Waals surface area contributed by atoms with Crippen LogP contribution in [0.3, 0.4) is 0 Å². The minimum atomic E-state index is -1.05. The van der Waals surface area contributed by atoms with Crippen LogP contribution in [0.2, 0.25) is 5.02 Å². The molecule has 148 valence electrons. The van der Waals surface area contributed by atoms with Crippen LogP contribution in [0.5, 0.6) is 5.75 Å². The van der Waals surface area contributed by atoms with E-state index in [9.17, 15) is 9.59 Å². The largest absolute Gasteiger partial charge is 0.482 e. The van der Waals surface area contributed by atoms with Crippen molar-refractivity contribution in [1.82, 2.24) is 4.57 Å². The number of aliphatic carboxylic acids is 1. The first kappa shape index (κ1) is 20.4. The molecule has 1 N–H and O–H groups in total. The second kappa shape index (κ2) is 9.26. The first-order chi connectivity index (χ1) is 13.9. The number of carbonyl (C=O) groups excluding carboxylic acids is 1. The lowest BCUT2D eigenvalue weighted by molar-refractivity contribution is -0.139. The fraction of sp³-hybridized carbons (Fsp3) is 0.130. The molecule has 2 aromatic carbocycles. The molecule has 0 atom stereocenters. The van der Waals surface area contributed by atoms with E-state index in [1.807, 2.05) is 60.2 Å². The van der Waals surface area contributed by atoms with Crippen LogP contribution in [0.15, 0.2) is 66.9 Å².